The number of halogens is 1. The number of carbonyl (C=O) groups excluding carboxylic acids is 1. The summed E-state index contributed by atoms with van der Waals surface area (Å²) in [6.07, 6.45) is 4.08. The van der Waals surface area contributed by atoms with Crippen LogP contribution in [0, 0.1) is 0 Å². The van der Waals surface area contributed by atoms with Crippen molar-refractivity contribution >= 4 is 48.7 Å². The summed E-state index contributed by atoms with van der Waals surface area (Å²) in [5, 5.41) is 4.20. The number of aromatic nitrogens is 2. The molecule has 3 aromatic rings. The fourth-order valence-electron chi connectivity index (χ4n) is 3.20. The second kappa shape index (κ2) is 7.72. The first-order chi connectivity index (χ1) is 12.7. The molecule has 1 N–H and O–H groups in total. The molecule has 0 aliphatic carbocycles. The molecule has 0 atom stereocenters. The summed E-state index contributed by atoms with van der Waals surface area (Å²) in [6.45, 7) is 1.81. The van der Waals surface area contributed by atoms with Crippen molar-refractivity contribution in [2.24, 2.45) is 0 Å². The van der Waals surface area contributed by atoms with Gasteiger partial charge in [-0.25, -0.2) is 9.97 Å². The lowest BCUT2D eigenvalue weighted by atomic mass is 10.0. The highest BCUT2D eigenvalue weighted by Crippen LogP contribution is 2.29. The van der Waals surface area contributed by atoms with Gasteiger partial charge in [-0.2, -0.15) is 0 Å². The third kappa shape index (κ3) is 3.88. The molecule has 134 valence electrons. The molecule has 7 heteroatoms. The number of hydrogen-bond donors (Lipinski definition) is 1. The van der Waals surface area contributed by atoms with Crippen molar-refractivity contribution in [2.45, 2.75) is 25.3 Å². The summed E-state index contributed by atoms with van der Waals surface area (Å²) in [5.41, 5.74) is 1.97. The molecular weight excluding hydrogens is 412 g/mol. The van der Waals surface area contributed by atoms with Crippen molar-refractivity contribution < 1.29 is 4.79 Å². The molecule has 1 aromatic carbocycles. The largest absolute Gasteiger partial charge is 0.353 e. The number of hydrogen-bond acceptors (Lipinski definition) is 5. The van der Waals surface area contributed by atoms with E-state index in [1.165, 1.54) is 0 Å². The van der Waals surface area contributed by atoms with Crippen LogP contribution in [-0.4, -0.2) is 35.0 Å². The molecule has 4 rings (SSSR count). The van der Waals surface area contributed by atoms with Gasteiger partial charge in [-0.15, -0.1) is 0 Å². The summed E-state index contributed by atoms with van der Waals surface area (Å²) < 4.78 is 0.981. The zero-order chi connectivity index (χ0) is 17.9. The fourth-order valence-corrected chi connectivity index (χ4v) is 4.59. The Labute approximate surface area is 164 Å². The average molecular weight is 431 g/mol. The van der Waals surface area contributed by atoms with Gasteiger partial charge in [0.2, 0.25) is 5.91 Å². The van der Waals surface area contributed by atoms with Gasteiger partial charge in [-0.1, -0.05) is 45.5 Å². The van der Waals surface area contributed by atoms with Gasteiger partial charge in [-0.3, -0.25) is 4.79 Å². The van der Waals surface area contributed by atoms with E-state index in [4.69, 9.17) is 0 Å². The molecule has 0 spiro atoms. The maximum absolute atomic E-state index is 12.3. The van der Waals surface area contributed by atoms with Crippen LogP contribution >= 0.6 is 27.3 Å². The van der Waals surface area contributed by atoms with Crippen molar-refractivity contribution in [1.29, 1.82) is 0 Å². The molecule has 2 aromatic heterocycles. The van der Waals surface area contributed by atoms with E-state index in [2.05, 4.69) is 36.1 Å². The number of benzene rings is 1. The van der Waals surface area contributed by atoms with Crippen LogP contribution in [0.3, 0.4) is 0 Å². The smallest absolute Gasteiger partial charge is 0.224 e. The van der Waals surface area contributed by atoms with Crippen molar-refractivity contribution in [3.8, 4) is 0 Å². The fraction of sp³-hybridized carbons (Fsp3) is 0.316. The van der Waals surface area contributed by atoms with Crippen LogP contribution in [0.25, 0.3) is 10.3 Å². The van der Waals surface area contributed by atoms with Crippen LogP contribution in [0.15, 0.2) is 47.1 Å². The highest BCUT2D eigenvalue weighted by molar-refractivity contribution is 9.10. The lowest BCUT2D eigenvalue weighted by Crippen LogP contribution is -2.45. The molecule has 1 saturated heterocycles. The van der Waals surface area contributed by atoms with Crippen molar-refractivity contribution in [3.63, 3.8) is 0 Å². The summed E-state index contributed by atoms with van der Waals surface area (Å²) in [6, 6.07) is 12.0. The molecule has 1 aliphatic rings. The average Bonchev–Trinajstić information content (AvgIpc) is 3.08. The molecule has 0 bridgehead atoms. The monoisotopic (exact) mass is 430 g/mol. The topological polar surface area (TPSA) is 58.1 Å². The molecule has 5 nitrogen and oxygen atoms in total. The van der Waals surface area contributed by atoms with Gasteiger partial charge in [-0.05, 0) is 36.6 Å². The molecular formula is C19H19BrN4OS. The number of nitrogens with zero attached hydrogens (tertiary/aromatic N) is 3. The first-order valence-electron chi connectivity index (χ1n) is 8.68. The molecule has 0 saturated carbocycles. The van der Waals surface area contributed by atoms with Crippen molar-refractivity contribution in [2.75, 3.05) is 18.0 Å². The highest BCUT2D eigenvalue weighted by atomic mass is 79.9. The summed E-state index contributed by atoms with van der Waals surface area (Å²) in [5.74, 6) is 0.0829. The first-order valence-corrected chi connectivity index (χ1v) is 10.3. The maximum atomic E-state index is 12.3. The van der Waals surface area contributed by atoms with Crippen molar-refractivity contribution in [1.82, 2.24) is 15.3 Å². The van der Waals surface area contributed by atoms with E-state index < -0.39 is 0 Å². The summed E-state index contributed by atoms with van der Waals surface area (Å²) >= 11 is 5.13. The van der Waals surface area contributed by atoms with Gasteiger partial charge < -0.3 is 10.2 Å². The van der Waals surface area contributed by atoms with Crippen LogP contribution < -0.4 is 10.2 Å². The SMILES string of the molecule is O=C(Cc1ccccc1Br)NC1CCN(c2nc3cccnc3s2)CC1. The van der Waals surface area contributed by atoms with E-state index >= 15 is 0 Å². The Morgan fingerprint density at radius 1 is 1.23 bits per heavy atom. The van der Waals surface area contributed by atoms with Crippen LogP contribution in [0.5, 0.6) is 0 Å². The number of carbonyl (C=O) groups is 1. The Kier molecular flexibility index (Phi) is 5.17. The van der Waals surface area contributed by atoms with Gasteiger partial charge >= 0.3 is 0 Å². The molecule has 26 heavy (non-hydrogen) atoms. The molecule has 3 heterocycles. The predicted molar refractivity (Wildman–Crippen MR) is 109 cm³/mol. The Morgan fingerprint density at radius 3 is 2.81 bits per heavy atom. The van der Waals surface area contributed by atoms with Gasteiger partial charge in [0.25, 0.3) is 0 Å². The Bertz CT molecular complexity index is 888. The molecule has 1 fully saturated rings. The van der Waals surface area contributed by atoms with E-state index in [9.17, 15) is 4.79 Å². The van der Waals surface area contributed by atoms with E-state index in [0.717, 1.165) is 51.4 Å². The van der Waals surface area contributed by atoms with Gasteiger partial charge in [0, 0.05) is 29.8 Å². The van der Waals surface area contributed by atoms with Crippen LogP contribution in [0.1, 0.15) is 18.4 Å². The minimum atomic E-state index is 0.0829. The first kappa shape index (κ1) is 17.4. The van der Waals surface area contributed by atoms with Crippen LogP contribution in [-0.2, 0) is 11.2 Å². The zero-order valence-corrected chi connectivity index (χ0v) is 16.6. The second-order valence-corrected chi connectivity index (χ2v) is 8.23. The number of amides is 1. The Morgan fingerprint density at radius 2 is 2.04 bits per heavy atom. The number of thiazole rings is 1. The van der Waals surface area contributed by atoms with E-state index in [0.29, 0.717) is 6.42 Å². The van der Waals surface area contributed by atoms with Gasteiger partial charge in [0.05, 0.1) is 6.42 Å². The van der Waals surface area contributed by atoms with E-state index in [-0.39, 0.29) is 11.9 Å². The van der Waals surface area contributed by atoms with Crippen LogP contribution in [0.2, 0.25) is 0 Å². The zero-order valence-electron chi connectivity index (χ0n) is 14.2. The second-order valence-electron chi connectivity index (χ2n) is 6.42. The number of fused-ring (bicyclic) bond motifs is 1. The Hall–Kier alpha value is -1.99. The van der Waals surface area contributed by atoms with Gasteiger partial charge in [0.15, 0.2) is 5.13 Å². The summed E-state index contributed by atoms with van der Waals surface area (Å²) in [4.78, 5) is 24.7. The minimum absolute atomic E-state index is 0.0829. The standard InChI is InChI=1S/C19H19BrN4OS/c20-15-5-2-1-4-13(15)12-17(25)22-14-7-10-24(11-8-14)19-23-16-6-3-9-21-18(16)26-19/h1-6,9,14H,7-8,10-12H2,(H,22,25). The molecule has 1 aliphatic heterocycles. The highest BCUT2D eigenvalue weighted by Gasteiger charge is 2.23. The predicted octanol–water partition coefficient (Wildman–Crippen LogP) is 3.78. The normalized spacial score (nSPS) is 15.3. The number of pyridine rings is 1. The third-order valence-electron chi connectivity index (χ3n) is 4.59. The lowest BCUT2D eigenvalue weighted by Gasteiger charge is -2.32. The van der Waals surface area contributed by atoms with E-state index in [1.54, 1.807) is 17.5 Å². The number of nitrogens with one attached hydrogen (secondary N) is 1. The lowest BCUT2D eigenvalue weighted by molar-refractivity contribution is -0.121. The number of rotatable bonds is 4. The van der Waals surface area contributed by atoms with E-state index in [1.807, 2.05) is 36.4 Å². The number of anilines is 1. The molecule has 1 amide bonds. The van der Waals surface area contributed by atoms with Crippen molar-refractivity contribution in [3.05, 3.63) is 52.6 Å². The number of piperidine rings is 1. The minimum Gasteiger partial charge on any atom is -0.353 e. The Balaban J connectivity index is 1.32. The maximum Gasteiger partial charge on any atom is 0.224 e. The summed E-state index contributed by atoms with van der Waals surface area (Å²) in [7, 11) is 0. The molecule has 0 unspecified atom stereocenters. The quantitative estimate of drug-likeness (QED) is 0.683. The van der Waals surface area contributed by atoms with Crippen LogP contribution in [0.4, 0.5) is 5.13 Å². The molecule has 0 radical (unpaired) electrons. The van der Waals surface area contributed by atoms with Gasteiger partial charge in [0.1, 0.15) is 10.3 Å². The third-order valence-corrected chi connectivity index (χ3v) is 6.41.